The Morgan fingerprint density at radius 1 is 1.33 bits per heavy atom. The summed E-state index contributed by atoms with van der Waals surface area (Å²) in [4.78, 5) is 8.69. The minimum absolute atomic E-state index is 0.0615. The maximum Gasteiger partial charge on any atom is 0.128 e. The smallest absolute Gasteiger partial charge is 0.128 e. The van der Waals surface area contributed by atoms with Gasteiger partial charge in [-0.3, -0.25) is 21.2 Å². The highest BCUT2D eigenvalue weighted by atomic mass is 79.9. The molecule has 1 unspecified atom stereocenters. The van der Waals surface area contributed by atoms with Gasteiger partial charge in [-0.25, -0.2) is 0 Å². The van der Waals surface area contributed by atoms with E-state index in [0.717, 1.165) is 32.6 Å². The number of nitrogens with one attached hydrogen (secondary N) is 1. The van der Waals surface area contributed by atoms with E-state index in [1.54, 1.807) is 19.5 Å². The zero-order valence-electron chi connectivity index (χ0n) is 12.4. The highest BCUT2D eigenvalue weighted by Crippen LogP contribution is 2.27. The minimum Gasteiger partial charge on any atom is -0.496 e. The maximum absolute atomic E-state index is 5.70. The summed E-state index contributed by atoms with van der Waals surface area (Å²) in [5.41, 5.74) is 6.87. The quantitative estimate of drug-likeness (QED) is 0.640. The van der Waals surface area contributed by atoms with Gasteiger partial charge in [-0.05, 0) is 41.4 Å². The number of hydrogen-bond acceptors (Lipinski definition) is 5. The molecule has 5 nitrogen and oxygen atoms in total. The Balaban J connectivity index is 2.31. The Kier molecular flexibility index (Phi) is 5.27. The number of pyridine rings is 2. The summed E-state index contributed by atoms with van der Waals surface area (Å²) in [6.07, 6.45) is 6.04. The first-order chi connectivity index (χ1) is 10.1. The van der Waals surface area contributed by atoms with Crippen molar-refractivity contribution >= 4 is 15.9 Å². The molecule has 0 aliphatic heterocycles. The third-order valence-corrected chi connectivity index (χ3v) is 3.91. The fourth-order valence-corrected chi connectivity index (χ4v) is 2.74. The van der Waals surface area contributed by atoms with Crippen LogP contribution in [0.4, 0.5) is 0 Å². The second-order valence-electron chi connectivity index (χ2n) is 4.91. The molecule has 1 atom stereocenters. The fraction of sp³-hybridized carbons (Fsp3) is 0.333. The highest BCUT2D eigenvalue weighted by Gasteiger charge is 2.16. The van der Waals surface area contributed by atoms with Crippen molar-refractivity contribution in [3.8, 4) is 5.75 Å². The molecule has 3 N–H and O–H groups in total. The zero-order valence-corrected chi connectivity index (χ0v) is 13.9. The van der Waals surface area contributed by atoms with E-state index in [1.807, 2.05) is 26.1 Å². The Labute approximate surface area is 133 Å². The van der Waals surface area contributed by atoms with Crippen LogP contribution in [0.5, 0.6) is 5.75 Å². The molecule has 21 heavy (non-hydrogen) atoms. The first-order valence-corrected chi connectivity index (χ1v) is 7.41. The molecule has 2 heterocycles. The van der Waals surface area contributed by atoms with Gasteiger partial charge in [0.1, 0.15) is 5.75 Å². The molecular weight excluding hydrogens is 332 g/mol. The van der Waals surface area contributed by atoms with Crippen LogP contribution in [-0.4, -0.2) is 17.1 Å². The fourth-order valence-electron chi connectivity index (χ4n) is 2.36. The predicted molar refractivity (Wildman–Crippen MR) is 86.0 cm³/mol. The van der Waals surface area contributed by atoms with Gasteiger partial charge in [-0.15, -0.1) is 0 Å². The molecule has 0 saturated heterocycles. The summed E-state index contributed by atoms with van der Waals surface area (Å²) >= 11 is 3.43. The highest BCUT2D eigenvalue weighted by molar-refractivity contribution is 9.10. The van der Waals surface area contributed by atoms with Crippen LogP contribution in [0.25, 0.3) is 0 Å². The second-order valence-corrected chi connectivity index (χ2v) is 5.82. The molecule has 112 valence electrons. The number of ether oxygens (including phenoxy) is 1. The number of nitrogens with zero attached hydrogens (tertiary/aromatic N) is 2. The Morgan fingerprint density at radius 2 is 2.10 bits per heavy atom. The topological polar surface area (TPSA) is 73.1 Å². The summed E-state index contributed by atoms with van der Waals surface area (Å²) in [7, 11) is 1.68. The monoisotopic (exact) mass is 350 g/mol. The number of rotatable bonds is 5. The summed E-state index contributed by atoms with van der Waals surface area (Å²) in [5.74, 6) is 6.58. The molecule has 0 spiro atoms. The van der Waals surface area contributed by atoms with Crippen molar-refractivity contribution in [3.05, 3.63) is 51.5 Å². The standard InChI is InChI=1S/C15H19BrN4O/c1-9-6-19-13(10(2)15(9)21-3)5-14(20-17)11-4-12(16)8-18-7-11/h4,6-8,14,20H,5,17H2,1-3H3. The number of aromatic nitrogens is 2. The maximum atomic E-state index is 5.70. The normalized spacial score (nSPS) is 12.2. The Bertz CT molecular complexity index is 633. The third-order valence-electron chi connectivity index (χ3n) is 3.48. The van der Waals surface area contributed by atoms with Crippen LogP contribution in [0.3, 0.4) is 0 Å². The van der Waals surface area contributed by atoms with Gasteiger partial charge in [0, 0.05) is 46.3 Å². The second kappa shape index (κ2) is 6.98. The van der Waals surface area contributed by atoms with Crippen LogP contribution in [0, 0.1) is 13.8 Å². The van der Waals surface area contributed by atoms with Gasteiger partial charge in [0.05, 0.1) is 13.2 Å². The van der Waals surface area contributed by atoms with Gasteiger partial charge in [0.2, 0.25) is 0 Å². The molecule has 0 saturated carbocycles. The van der Waals surface area contributed by atoms with Crippen molar-refractivity contribution in [2.24, 2.45) is 5.84 Å². The van der Waals surface area contributed by atoms with Crippen molar-refractivity contribution in [1.82, 2.24) is 15.4 Å². The Hall–Kier alpha value is -1.50. The minimum atomic E-state index is -0.0615. The van der Waals surface area contributed by atoms with Crippen molar-refractivity contribution in [1.29, 1.82) is 0 Å². The van der Waals surface area contributed by atoms with E-state index in [9.17, 15) is 0 Å². The van der Waals surface area contributed by atoms with Crippen LogP contribution < -0.4 is 16.0 Å². The summed E-state index contributed by atoms with van der Waals surface area (Å²) < 4.78 is 6.37. The molecule has 0 radical (unpaired) electrons. The van der Waals surface area contributed by atoms with Crippen LogP contribution in [0.1, 0.15) is 28.4 Å². The van der Waals surface area contributed by atoms with Gasteiger partial charge < -0.3 is 4.74 Å². The summed E-state index contributed by atoms with van der Waals surface area (Å²) in [6, 6.07) is 1.94. The molecule has 0 aliphatic rings. The molecule has 2 aromatic rings. The molecule has 0 amide bonds. The van der Waals surface area contributed by atoms with E-state index in [1.165, 1.54) is 0 Å². The van der Waals surface area contributed by atoms with E-state index in [4.69, 9.17) is 10.6 Å². The lowest BCUT2D eigenvalue weighted by molar-refractivity contribution is 0.406. The summed E-state index contributed by atoms with van der Waals surface area (Å²) in [5, 5.41) is 0. The number of hydrogen-bond donors (Lipinski definition) is 2. The van der Waals surface area contributed by atoms with Crippen LogP contribution in [-0.2, 0) is 6.42 Å². The predicted octanol–water partition coefficient (Wildman–Crippen LogP) is 2.61. The zero-order chi connectivity index (χ0) is 15.4. The number of hydrazine groups is 1. The van der Waals surface area contributed by atoms with Crippen molar-refractivity contribution in [2.75, 3.05) is 7.11 Å². The third kappa shape index (κ3) is 3.58. The van der Waals surface area contributed by atoms with Crippen LogP contribution in [0.2, 0.25) is 0 Å². The molecule has 0 fully saturated rings. The number of methoxy groups -OCH3 is 1. The SMILES string of the molecule is COc1c(C)cnc(CC(NN)c2cncc(Br)c2)c1C. The van der Waals surface area contributed by atoms with Gasteiger partial charge in [0.25, 0.3) is 0 Å². The van der Waals surface area contributed by atoms with E-state index >= 15 is 0 Å². The van der Waals surface area contributed by atoms with Crippen molar-refractivity contribution < 1.29 is 4.74 Å². The van der Waals surface area contributed by atoms with Crippen LogP contribution >= 0.6 is 15.9 Å². The van der Waals surface area contributed by atoms with Gasteiger partial charge >= 0.3 is 0 Å². The molecule has 0 aromatic carbocycles. The van der Waals surface area contributed by atoms with Crippen molar-refractivity contribution in [3.63, 3.8) is 0 Å². The van der Waals surface area contributed by atoms with Gasteiger partial charge in [-0.1, -0.05) is 0 Å². The van der Waals surface area contributed by atoms with E-state index in [2.05, 4.69) is 31.3 Å². The van der Waals surface area contributed by atoms with Gasteiger partial charge in [-0.2, -0.15) is 0 Å². The summed E-state index contributed by atoms with van der Waals surface area (Å²) in [6.45, 7) is 4.00. The lowest BCUT2D eigenvalue weighted by Gasteiger charge is -2.18. The van der Waals surface area contributed by atoms with E-state index in [0.29, 0.717) is 6.42 Å². The first-order valence-electron chi connectivity index (χ1n) is 6.62. The average Bonchev–Trinajstić information content (AvgIpc) is 2.47. The molecule has 0 bridgehead atoms. The van der Waals surface area contributed by atoms with E-state index in [-0.39, 0.29) is 6.04 Å². The number of nitrogens with two attached hydrogens (primary N) is 1. The lowest BCUT2D eigenvalue weighted by atomic mass is 10.0. The Morgan fingerprint density at radius 3 is 2.71 bits per heavy atom. The molecule has 2 rings (SSSR count). The number of aryl methyl sites for hydroxylation is 1. The molecule has 6 heteroatoms. The lowest BCUT2D eigenvalue weighted by Crippen LogP contribution is -2.30. The van der Waals surface area contributed by atoms with Gasteiger partial charge in [0.15, 0.2) is 0 Å². The molecule has 2 aromatic heterocycles. The van der Waals surface area contributed by atoms with E-state index < -0.39 is 0 Å². The molecular formula is C15H19BrN4O. The first kappa shape index (κ1) is 15.9. The number of halogens is 1. The average molecular weight is 351 g/mol. The molecule has 0 aliphatic carbocycles. The largest absolute Gasteiger partial charge is 0.496 e. The van der Waals surface area contributed by atoms with Crippen molar-refractivity contribution in [2.45, 2.75) is 26.3 Å². The van der Waals surface area contributed by atoms with Crippen LogP contribution in [0.15, 0.2) is 29.1 Å².